The van der Waals surface area contributed by atoms with Crippen LogP contribution in [0, 0.1) is 0 Å². The molecule has 0 spiro atoms. The molecule has 2 nitrogen and oxygen atoms in total. The largest absolute Gasteiger partial charge is 0.457 e. The van der Waals surface area contributed by atoms with Crippen molar-refractivity contribution in [3.63, 3.8) is 0 Å². The number of cyclic esters (lactones) is 1. The van der Waals surface area contributed by atoms with Crippen molar-refractivity contribution in [3.8, 4) is 0 Å². The van der Waals surface area contributed by atoms with Gasteiger partial charge in [0.15, 0.2) is 0 Å². The molecule has 0 amide bonds. The van der Waals surface area contributed by atoms with Crippen LogP contribution in [0.25, 0.3) is 0 Å². The molecule has 0 unspecified atom stereocenters. The highest BCUT2D eigenvalue weighted by molar-refractivity contribution is 9.10. The number of carbonyl (C=O) groups excluding carboxylic acids is 1. The molecule has 1 aromatic rings. The van der Waals surface area contributed by atoms with E-state index in [9.17, 15) is 4.79 Å². The van der Waals surface area contributed by atoms with Crippen LogP contribution >= 0.6 is 15.9 Å². The molecular weight excluding hydrogens is 244 g/mol. The minimum Gasteiger partial charge on any atom is -0.457 e. The second-order valence-electron chi connectivity index (χ2n) is 3.84. The van der Waals surface area contributed by atoms with Gasteiger partial charge in [0.1, 0.15) is 6.61 Å². The molecule has 1 heterocycles. The zero-order valence-corrected chi connectivity index (χ0v) is 9.13. The smallest absolute Gasteiger partial charge is 0.338 e. The molecule has 14 heavy (non-hydrogen) atoms. The van der Waals surface area contributed by atoms with Crippen LogP contribution in [0.15, 0.2) is 16.6 Å². The van der Waals surface area contributed by atoms with E-state index in [4.69, 9.17) is 4.74 Å². The Bertz CT molecular complexity index is 422. The standard InChI is InChI=1S/C11H9BrO2/c12-9-4-3-7-8(5-14-11(7)13)10(9)6-1-2-6/h3-4,6H,1-2,5H2. The van der Waals surface area contributed by atoms with Crippen molar-refractivity contribution in [2.45, 2.75) is 25.4 Å². The maximum atomic E-state index is 11.3. The second-order valence-corrected chi connectivity index (χ2v) is 4.69. The minimum atomic E-state index is -0.172. The maximum Gasteiger partial charge on any atom is 0.338 e. The van der Waals surface area contributed by atoms with Crippen molar-refractivity contribution < 1.29 is 9.53 Å². The van der Waals surface area contributed by atoms with E-state index in [1.54, 1.807) is 0 Å². The molecule has 0 saturated heterocycles. The van der Waals surface area contributed by atoms with E-state index < -0.39 is 0 Å². The van der Waals surface area contributed by atoms with Crippen molar-refractivity contribution in [2.75, 3.05) is 0 Å². The average molecular weight is 253 g/mol. The van der Waals surface area contributed by atoms with Crippen LogP contribution in [0.4, 0.5) is 0 Å². The number of carbonyl (C=O) groups is 1. The van der Waals surface area contributed by atoms with Crippen LogP contribution in [0.2, 0.25) is 0 Å². The molecule has 0 aromatic heterocycles. The molecule has 0 atom stereocenters. The van der Waals surface area contributed by atoms with E-state index in [1.807, 2.05) is 12.1 Å². The maximum absolute atomic E-state index is 11.3. The summed E-state index contributed by atoms with van der Waals surface area (Å²) in [7, 11) is 0. The molecule has 3 rings (SSSR count). The van der Waals surface area contributed by atoms with Crippen molar-refractivity contribution in [1.82, 2.24) is 0 Å². The average Bonchev–Trinajstić information content (AvgIpc) is 2.92. The van der Waals surface area contributed by atoms with Gasteiger partial charge in [-0.05, 0) is 36.5 Å². The first-order valence-corrected chi connectivity index (χ1v) is 5.55. The van der Waals surface area contributed by atoms with Crippen LogP contribution in [0.3, 0.4) is 0 Å². The van der Waals surface area contributed by atoms with E-state index in [0.717, 1.165) is 15.6 Å². The highest BCUT2D eigenvalue weighted by Crippen LogP contribution is 2.46. The second kappa shape index (κ2) is 2.83. The van der Waals surface area contributed by atoms with Gasteiger partial charge < -0.3 is 4.74 Å². The number of hydrogen-bond donors (Lipinski definition) is 0. The number of rotatable bonds is 1. The van der Waals surface area contributed by atoms with Gasteiger partial charge in [0.2, 0.25) is 0 Å². The SMILES string of the molecule is O=C1OCc2c1ccc(Br)c2C1CC1. The van der Waals surface area contributed by atoms with Crippen LogP contribution in [0.5, 0.6) is 0 Å². The topological polar surface area (TPSA) is 26.3 Å². The highest BCUT2D eigenvalue weighted by Gasteiger charge is 2.33. The summed E-state index contributed by atoms with van der Waals surface area (Å²) in [5.74, 6) is 0.475. The van der Waals surface area contributed by atoms with Gasteiger partial charge in [-0.3, -0.25) is 0 Å². The molecule has 1 saturated carbocycles. The van der Waals surface area contributed by atoms with Gasteiger partial charge in [0.05, 0.1) is 5.56 Å². The van der Waals surface area contributed by atoms with Crippen LogP contribution in [0.1, 0.15) is 40.2 Å². The summed E-state index contributed by atoms with van der Waals surface area (Å²) in [6.45, 7) is 0.458. The summed E-state index contributed by atoms with van der Waals surface area (Å²) < 4.78 is 6.16. The summed E-state index contributed by atoms with van der Waals surface area (Å²) in [6.07, 6.45) is 2.48. The van der Waals surface area contributed by atoms with Gasteiger partial charge in [0.25, 0.3) is 0 Å². The molecule has 3 heteroatoms. The number of hydrogen-bond acceptors (Lipinski definition) is 2. The van der Waals surface area contributed by atoms with Crippen LogP contribution in [-0.4, -0.2) is 5.97 Å². The Labute approximate surface area is 90.4 Å². The molecule has 72 valence electrons. The lowest BCUT2D eigenvalue weighted by molar-refractivity contribution is 0.0535. The monoisotopic (exact) mass is 252 g/mol. The summed E-state index contributed by atoms with van der Waals surface area (Å²) in [4.78, 5) is 11.3. The number of esters is 1. The third-order valence-electron chi connectivity index (χ3n) is 2.86. The fraction of sp³-hybridized carbons (Fsp3) is 0.364. The predicted octanol–water partition coefficient (Wildman–Crippen LogP) is 3.00. The summed E-state index contributed by atoms with van der Waals surface area (Å²) in [5, 5.41) is 0. The van der Waals surface area contributed by atoms with Crippen molar-refractivity contribution in [2.24, 2.45) is 0 Å². The molecule has 1 aliphatic carbocycles. The van der Waals surface area contributed by atoms with Gasteiger partial charge in [-0.1, -0.05) is 15.9 Å². The molecule has 1 aliphatic heterocycles. The Hall–Kier alpha value is -0.830. The molecule has 2 aliphatic rings. The molecule has 0 N–H and O–H groups in total. The molecule has 0 radical (unpaired) electrons. The fourth-order valence-corrected chi connectivity index (χ4v) is 2.71. The van der Waals surface area contributed by atoms with E-state index >= 15 is 0 Å². The van der Waals surface area contributed by atoms with Gasteiger partial charge in [-0.25, -0.2) is 4.79 Å². The van der Waals surface area contributed by atoms with E-state index in [-0.39, 0.29) is 5.97 Å². The third kappa shape index (κ3) is 1.12. The Kier molecular flexibility index (Phi) is 1.71. The Morgan fingerprint density at radius 2 is 2.14 bits per heavy atom. The zero-order valence-electron chi connectivity index (χ0n) is 7.55. The molecular formula is C11H9BrO2. The van der Waals surface area contributed by atoms with Crippen molar-refractivity contribution in [3.05, 3.63) is 33.3 Å². The number of ether oxygens (including phenoxy) is 1. The van der Waals surface area contributed by atoms with Crippen molar-refractivity contribution >= 4 is 21.9 Å². The van der Waals surface area contributed by atoms with E-state index in [2.05, 4.69) is 15.9 Å². The third-order valence-corrected chi connectivity index (χ3v) is 3.55. The Balaban J connectivity index is 2.22. The summed E-state index contributed by atoms with van der Waals surface area (Å²) in [6, 6.07) is 3.81. The van der Waals surface area contributed by atoms with Gasteiger partial charge in [-0.2, -0.15) is 0 Å². The first-order chi connectivity index (χ1) is 6.77. The van der Waals surface area contributed by atoms with Crippen LogP contribution in [-0.2, 0) is 11.3 Å². The molecule has 1 fully saturated rings. The van der Waals surface area contributed by atoms with Gasteiger partial charge in [0, 0.05) is 10.0 Å². The normalized spacial score (nSPS) is 19.4. The predicted molar refractivity (Wildman–Crippen MR) is 55.2 cm³/mol. The van der Waals surface area contributed by atoms with E-state index in [0.29, 0.717) is 12.5 Å². The molecule has 0 bridgehead atoms. The van der Waals surface area contributed by atoms with Gasteiger partial charge >= 0.3 is 5.97 Å². The van der Waals surface area contributed by atoms with Crippen LogP contribution < -0.4 is 0 Å². The zero-order chi connectivity index (χ0) is 9.71. The number of halogens is 1. The summed E-state index contributed by atoms with van der Waals surface area (Å²) in [5.41, 5.74) is 3.16. The fourth-order valence-electron chi connectivity index (χ4n) is 2.01. The Morgan fingerprint density at radius 1 is 1.36 bits per heavy atom. The first kappa shape index (κ1) is 8.48. The minimum absolute atomic E-state index is 0.172. The highest BCUT2D eigenvalue weighted by atomic mass is 79.9. The lowest BCUT2D eigenvalue weighted by atomic mass is 10.00. The number of benzene rings is 1. The summed E-state index contributed by atoms with van der Waals surface area (Å²) >= 11 is 3.54. The lowest BCUT2D eigenvalue weighted by Crippen LogP contribution is -1.95. The Morgan fingerprint density at radius 3 is 2.86 bits per heavy atom. The molecule has 1 aromatic carbocycles. The lowest BCUT2D eigenvalue weighted by Gasteiger charge is -2.06. The quantitative estimate of drug-likeness (QED) is 0.719. The number of fused-ring (bicyclic) bond motifs is 1. The van der Waals surface area contributed by atoms with Crippen molar-refractivity contribution in [1.29, 1.82) is 0 Å². The first-order valence-electron chi connectivity index (χ1n) is 4.76. The van der Waals surface area contributed by atoms with E-state index in [1.165, 1.54) is 18.4 Å². The van der Waals surface area contributed by atoms with Gasteiger partial charge in [-0.15, -0.1) is 0 Å².